The van der Waals surface area contributed by atoms with E-state index in [-0.39, 0.29) is 13.2 Å². The molecule has 1 unspecified atom stereocenters. The number of methoxy groups -OCH3 is 1. The summed E-state index contributed by atoms with van der Waals surface area (Å²) in [4.78, 5) is 2.07. The zero-order valence-electron chi connectivity index (χ0n) is 10.8. The quantitative estimate of drug-likeness (QED) is 0.787. The molecule has 104 valence electrons. The first-order chi connectivity index (χ1) is 8.36. The topological polar surface area (TPSA) is 75.6 Å². The van der Waals surface area contributed by atoms with Crippen LogP contribution in [-0.2, 0) is 14.8 Å². The molecular formula is C11H19NO4S2. The van der Waals surface area contributed by atoms with Gasteiger partial charge in [0.15, 0.2) is 0 Å². The molecule has 0 bridgehead atoms. The number of aliphatic hydroxyl groups excluding tert-OH is 1. The first kappa shape index (κ1) is 15.6. The first-order valence-electron chi connectivity index (χ1n) is 5.60. The standard InChI is InChI=1S/C11H19NO4S2/c1-8-6-11(9(2)17-8)18(14,15)12-5-4-10(13)7-16-3/h6,10,12-13H,4-5,7H2,1-3H3. The van der Waals surface area contributed by atoms with Gasteiger partial charge < -0.3 is 9.84 Å². The van der Waals surface area contributed by atoms with Crippen molar-refractivity contribution in [2.24, 2.45) is 0 Å². The van der Waals surface area contributed by atoms with Gasteiger partial charge in [-0.1, -0.05) is 0 Å². The molecule has 0 aliphatic rings. The molecule has 5 nitrogen and oxygen atoms in total. The molecule has 0 aromatic carbocycles. The number of ether oxygens (including phenoxy) is 1. The number of sulfonamides is 1. The lowest BCUT2D eigenvalue weighted by atomic mass is 10.3. The Morgan fingerprint density at radius 3 is 2.67 bits per heavy atom. The summed E-state index contributed by atoms with van der Waals surface area (Å²) in [7, 11) is -1.98. The highest BCUT2D eigenvalue weighted by molar-refractivity contribution is 7.89. The third-order valence-electron chi connectivity index (χ3n) is 2.41. The summed E-state index contributed by atoms with van der Waals surface area (Å²) in [6.07, 6.45) is -0.321. The Bertz CT molecular complexity index is 481. The summed E-state index contributed by atoms with van der Waals surface area (Å²) in [5.74, 6) is 0. The fourth-order valence-electron chi connectivity index (χ4n) is 1.59. The van der Waals surface area contributed by atoms with Crippen molar-refractivity contribution in [3.63, 3.8) is 0 Å². The van der Waals surface area contributed by atoms with Crippen LogP contribution in [0.5, 0.6) is 0 Å². The van der Waals surface area contributed by atoms with Gasteiger partial charge in [-0.2, -0.15) is 0 Å². The lowest BCUT2D eigenvalue weighted by Crippen LogP contribution is -2.28. The van der Waals surface area contributed by atoms with E-state index in [0.29, 0.717) is 11.3 Å². The molecule has 1 atom stereocenters. The van der Waals surface area contributed by atoms with Crippen molar-refractivity contribution in [3.05, 3.63) is 15.8 Å². The molecule has 0 saturated carbocycles. The summed E-state index contributed by atoms with van der Waals surface area (Å²) >= 11 is 1.46. The lowest BCUT2D eigenvalue weighted by molar-refractivity contribution is 0.0603. The third kappa shape index (κ3) is 4.33. The fraction of sp³-hybridized carbons (Fsp3) is 0.636. The van der Waals surface area contributed by atoms with E-state index < -0.39 is 16.1 Å². The highest BCUT2D eigenvalue weighted by Crippen LogP contribution is 2.24. The van der Waals surface area contributed by atoms with Gasteiger partial charge in [0, 0.05) is 23.4 Å². The normalized spacial score (nSPS) is 13.8. The number of aryl methyl sites for hydroxylation is 2. The van der Waals surface area contributed by atoms with Crippen LogP contribution in [0.1, 0.15) is 16.2 Å². The molecule has 0 aliphatic heterocycles. The number of nitrogens with one attached hydrogen (secondary N) is 1. The Morgan fingerprint density at radius 1 is 1.50 bits per heavy atom. The van der Waals surface area contributed by atoms with Crippen LogP contribution in [0.2, 0.25) is 0 Å². The van der Waals surface area contributed by atoms with Crippen molar-refractivity contribution in [2.75, 3.05) is 20.3 Å². The van der Waals surface area contributed by atoms with Gasteiger partial charge in [-0.05, 0) is 26.3 Å². The summed E-state index contributed by atoms with van der Waals surface area (Å²) in [5.41, 5.74) is 0. The van der Waals surface area contributed by atoms with Crippen molar-refractivity contribution >= 4 is 21.4 Å². The average Bonchev–Trinajstić information content (AvgIpc) is 2.58. The molecule has 0 radical (unpaired) electrons. The van der Waals surface area contributed by atoms with E-state index in [2.05, 4.69) is 4.72 Å². The number of rotatable bonds is 7. The van der Waals surface area contributed by atoms with Crippen LogP contribution in [0, 0.1) is 13.8 Å². The molecule has 1 rings (SSSR count). The monoisotopic (exact) mass is 293 g/mol. The second kappa shape index (κ2) is 6.63. The molecule has 1 aromatic rings. The van der Waals surface area contributed by atoms with Gasteiger partial charge >= 0.3 is 0 Å². The summed E-state index contributed by atoms with van der Waals surface area (Å²) in [6.45, 7) is 4.06. The molecule has 1 aromatic heterocycles. The predicted molar refractivity (Wildman–Crippen MR) is 71.5 cm³/mol. The van der Waals surface area contributed by atoms with Crippen LogP contribution >= 0.6 is 11.3 Å². The Hall–Kier alpha value is -0.470. The van der Waals surface area contributed by atoms with Gasteiger partial charge in [-0.15, -0.1) is 11.3 Å². The third-order valence-corrected chi connectivity index (χ3v) is 5.10. The molecule has 7 heteroatoms. The Morgan fingerprint density at radius 2 is 2.17 bits per heavy atom. The molecule has 1 heterocycles. The molecule has 0 fully saturated rings. The van der Waals surface area contributed by atoms with Gasteiger partial charge in [-0.3, -0.25) is 0 Å². The van der Waals surface area contributed by atoms with Gasteiger partial charge in [0.1, 0.15) is 0 Å². The first-order valence-corrected chi connectivity index (χ1v) is 7.90. The maximum absolute atomic E-state index is 12.0. The minimum atomic E-state index is -3.47. The zero-order chi connectivity index (χ0) is 13.8. The summed E-state index contributed by atoms with van der Waals surface area (Å²) in [6, 6.07) is 1.66. The molecule has 18 heavy (non-hydrogen) atoms. The maximum Gasteiger partial charge on any atom is 0.241 e. The molecular weight excluding hydrogens is 274 g/mol. The second-order valence-corrected chi connectivity index (χ2v) is 7.27. The van der Waals surface area contributed by atoms with Crippen molar-refractivity contribution in [1.29, 1.82) is 0 Å². The molecule has 2 N–H and O–H groups in total. The van der Waals surface area contributed by atoms with Crippen LogP contribution in [-0.4, -0.2) is 39.9 Å². The van der Waals surface area contributed by atoms with Gasteiger partial charge in [-0.25, -0.2) is 13.1 Å². The SMILES string of the molecule is COCC(O)CCNS(=O)(=O)c1cc(C)sc1C. The second-order valence-electron chi connectivity index (χ2n) is 4.07. The Labute approximate surface area is 112 Å². The maximum atomic E-state index is 12.0. The van der Waals surface area contributed by atoms with E-state index in [4.69, 9.17) is 4.74 Å². The van der Waals surface area contributed by atoms with E-state index in [9.17, 15) is 13.5 Å². The van der Waals surface area contributed by atoms with Crippen LogP contribution in [0.15, 0.2) is 11.0 Å². The van der Waals surface area contributed by atoms with Crippen LogP contribution in [0.4, 0.5) is 0 Å². The molecule has 0 spiro atoms. The van der Waals surface area contributed by atoms with Crippen molar-refractivity contribution < 1.29 is 18.3 Å². The van der Waals surface area contributed by atoms with Crippen molar-refractivity contribution in [1.82, 2.24) is 4.72 Å². The van der Waals surface area contributed by atoms with E-state index in [0.717, 1.165) is 9.75 Å². The summed E-state index contributed by atoms with van der Waals surface area (Å²) < 4.78 is 31.2. The van der Waals surface area contributed by atoms with E-state index in [1.54, 1.807) is 13.0 Å². The van der Waals surface area contributed by atoms with Crippen LogP contribution < -0.4 is 4.72 Å². The number of thiophene rings is 1. The van der Waals surface area contributed by atoms with Crippen LogP contribution in [0.25, 0.3) is 0 Å². The minimum Gasteiger partial charge on any atom is -0.391 e. The lowest BCUT2D eigenvalue weighted by Gasteiger charge is -2.10. The molecule has 0 aliphatic carbocycles. The van der Waals surface area contributed by atoms with Gasteiger partial charge in [0.25, 0.3) is 0 Å². The number of hydrogen-bond donors (Lipinski definition) is 2. The number of hydrogen-bond acceptors (Lipinski definition) is 5. The smallest absolute Gasteiger partial charge is 0.241 e. The fourth-order valence-corrected chi connectivity index (χ4v) is 4.19. The largest absolute Gasteiger partial charge is 0.391 e. The van der Waals surface area contributed by atoms with E-state index in [1.165, 1.54) is 18.4 Å². The van der Waals surface area contributed by atoms with E-state index >= 15 is 0 Å². The Kier molecular flexibility index (Phi) is 5.74. The highest BCUT2D eigenvalue weighted by Gasteiger charge is 2.18. The predicted octanol–water partition coefficient (Wildman–Crippen LogP) is 1.04. The molecule has 0 saturated heterocycles. The van der Waals surface area contributed by atoms with Crippen LogP contribution in [0.3, 0.4) is 0 Å². The van der Waals surface area contributed by atoms with E-state index in [1.807, 2.05) is 6.92 Å². The summed E-state index contributed by atoms with van der Waals surface area (Å²) in [5, 5.41) is 9.42. The van der Waals surface area contributed by atoms with Gasteiger partial charge in [0.2, 0.25) is 10.0 Å². The highest BCUT2D eigenvalue weighted by atomic mass is 32.2. The van der Waals surface area contributed by atoms with Crippen molar-refractivity contribution in [2.45, 2.75) is 31.3 Å². The average molecular weight is 293 g/mol. The zero-order valence-corrected chi connectivity index (χ0v) is 12.4. The number of aliphatic hydroxyl groups is 1. The molecule has 0 amide bonds. The minimum absolute atomic E-state index is 0.196. The van der Waals surface area contributed by atoms with Gasteiger partial charge in [0.05, 0.1) is 17.6 Å². The Balaban J connectivity index is 2.58. The van der Waals surface area contributed by atoms with Crippen molar-refractivity contribution in [3.8, 4) is 0 Å².